The number of furan rings is 1. The molecule has 0 aliphatic carbocycles. The molecule has 0 bridgehead atoms. The van der Waals surface area contributed by atoms with E-state index in [1.807, 2.05) is 44.2 Å². The van der Waals surface area contributed by atoms with Crippen molar-refractivity contribution in [3.05, 3.63) is 64.4 Å². The summed E-state index contributed by atoms with van der Waals surface area (Å²) in [5.41, 5.74) is 4.21. The predicted octanol–water partition coefficient (Wildman–Crippen LogP) is 5.32. The molecular formula is C17H16ClNO. The summed E-state index contributed by atoms with van der Waals surface area (Å²) in [6.45, 7) is 4.72. The summed E-state index contributed by atoms with van der Waals surface area (Å²) in [5.74, 6) is 0.946. The van der Waals surface area contributed by atoms with Gasteiger partial charge in [0, 0.05) is 17.5 Å². The van der Waals surface area contributed by atoms with Crippen LogP contribution in [0.1, 0.15) is 16.9 Å². The van der Waals surface area contributed by atoms with Gasteiger partial charge in [0.25, 0.3) is 0 Å². The van der Waals surface area contributed by atoms with E-state index < -0.39 is 0 Å². The minimum absolute atomic E-state index is 0.700. The van der Waals surface area contributed by atoms with E-state index in [2.05, 4.69) is 17.4 Å². The number of halogens is 1. The summed E-state index contributed by atoms with van der Waals surface area (Å²) in [4.78, 5) is 0. The third-order valence-electron chi connectivity index (χ3n) is 3.48. The second-order valence-electron chi connectivity index (χ2n) is 4.97. The molecular weight excluding hydrogens is 270 g/mol. The fraction of sp³-hybridized carbons (Fsp3) is 0.176. The normalized spacial score (nSPS) is 10.9. The molecule has 0 atom stereocenters. The average molecular weight is 286 g/mol. The van der Waals surface area contributed by atoms with E-state index >= 15 is 0 Å². The number of aryl methyl sites for hydroxylation is 2. The van der Waals surface area contributed by atoms with Crippen LogP contribution in [0, 0.1) is 13.8 Å². The Morgan fingerprint density at radius 1 is 1.10 bits per heavy atom. The molecule has 0 fully saturated rings. The quantitative estimate of drug-likeness (QED) is 0.705. The van der Waals surface area contributed by atoms with Gasteiger partial charge < -0.3 is 9.73 Å². The van der Waals surface area contributed by atoms with Crippen LogP contribution in [0.2, 0.25) is 5.02 Å². The molecule has 1 heterocycles. The van der Waals surface area contributed by atoms with Crippen molar-refractivity contribution in [3.63, 3.8) is 0 Å². The van der Waals surface area contributed by atoms with E-state index in [0.717, 1.165) is 33.0 Å². The van der Waals surface area contributed by atoms with Gasteiger partial charge >= 0.3 is 0 Å². The van der Waals surface area contributed by atoms with Crippen LogP contribution >= 0.6 is 11.6 Å². The Kier molecular flexibility index (Phi) is 3.41. The maximum Gasteiger partial charge on any atom is 0.134 e. The average Bonchev–Trinajstić information content (AvgIpc) is 2.74. The Labute approximate surface area is 123 Å². The van der Waals surface area contributed by atoms with Crippen molar-refractivity contribution in [1.29, 1.82) is 0 Å². The molecule has 1 N–H and O–H groups in total. The highest BCUT2D eigenvalue weighted by Gasteiger charge is 2.10. The highest BCUT2D eigenvalue weighted by atomic mass is 35.5. The minimum atomic E-state index is 0.700. The fourth-order valence-electron chi connectivity index (χ4n) is 2.39. The van der Waals surface area contributed by atoms with Gasteiger partial charge in [-0.15, -0.1) is 0 Å². The summed E-state index contributed by atoms with van der Waals surface area (Å²) < 4.78 is 5.76. The fourth-order valence-corrected chi connectivity index (χ4v) is 2.69. The first-order valence-corrected chi connectivity index (χ1v) is 7.00. The summed E-state index contributed by atoms with van der Waals surface area (Å²) in [5, 5.41) is 5.28. The van der Waals surface area contributed by atoms with Gasteiger partial charge in [-0.1, -0.05) is 35.9 Å². The van der Waals surface area contributed by atoms with Crippen molar-refractivity contribution in [2.45, 2.75) is 20.4 Å². The van der Waals surface area contributed by atoms with Crippen LogP contribution in [-0.4, -0.2) is 0 Å². The smallest absolute Gasteiger partial charge is 0.134 e. The molecule has 0 aliphatic heterocycles. The van der Waals surface area contributed by atoms with Gasteiger partial charge in [-0.3, -0.25) is 0 Å². The van der Waals surface area contributed by atoms with E-state index in [1.165, 1.54) is 5.56 Å². The molecule has 3 rings (SSSR count). The van der Waals surface area contributed by atoms with Crippen LogP contribution in [0.3, 0.4) is 0 Å². The Hall–Kier alpha value is -1.93. The van der Waals surface area contributed by atoms with Gasteiger partial charge in [-0.05, 0) is 37.6 Å². The molecule has 20 heavy (non-hydrogen) atoms. The number of hydrogen-bond acceptors (Lipinski definition) is 2. The molecule has 0 radical (unpaired) electrons. The number of fused-ring (bicyclic) bond motifs is 1. The third-order valence-corrected chi connectivity index (χ3v) is 3.79. The lowest BCUT2D eigenvalue weighted by Crippen LogP contribution is -2.00. The maximum absolute atomic E-state index is 6.24. The topological polar surface area (TPSA) is 25.2 Å². The second kappa shape index (κ2) is 5.22. The van der Waals surface area contributed by atoms with Crippen LogP contribution in [0.15, 0.2) is 46.9 Å². The zero-order chi connectivity index (χ0) is 14.1. The molecule has 1 aromatic heterocycles. The number of hydrogen-bond donors (Lipinski definition) is 1. The molecule has 0 unspecified atom stereocenters. The maximum atomic E-state index is 6.24. The van der Waals surface area contributed by atoms with Crippen LogP contribution in [0.4, 0.5) is 5.69 Å². The van der Waals surface area contributed by atoms with E-state index in [0.29, 0.717) is 6.54 Å². The van der Waals surface area contributed by atoms with Crippen molar-refractivity contribution in [1.82, 2.24) is 0 Å². The lowest BCUT2D eigenvalue weighted by atomic mass is 10.1. The molecule has 0 saturated carbocycles. The molecule has 3 aromatic rings. The zero-order valence-corrected chi connectivity index (χ0v) is 12.3. The molecule has 2 nitrogen and oxygen atoms in total. The Bertz CT molecular complexity index is 761. The molecule has 102 valence electrons. The van der Waals surface area contributed by atoms with E-state index in [-0.39, 0.29) is 0 Å². The number of benzene rings is 2. The second-order valence-corrected chi connectivity index (χ2v) is 5.38. The monoisotopic (exact) mass is 285 g/mol. The summed E-state index contributed by atoms with van der Waals surface area (Å²) in [6, 6.07) is 14.1. The summed E-state index contributed by atoms with van der Waals surface area (Å²) >= 11 is 6.24. The van der Waals surface area contributed by atoms with E-state index in [4.69, 9.17) is 16.0 Å². The van der Waals surface area contributed by atoms with Crippen molar-refractivity contribution in [2.24, 2.45) is 0 Å². The van der Waals surface area contributed by atoms with Gasteiger partial charge in [0.2, 0.25) is 0 Å². The largest absolute Gasteiger partial charge is 0.461 e. The zero-order valence-electron chi connectivity index (χ0n) is 11.5. The van der Waals surface area contributed by atoms with Crippen LogP contribution in [0.25, 0.3) is 11.0 Å². The first kappa shape index (κ1) is 13.1. The van der Waals surface area contributed by atoms with Crippen LogP contribution < -0.4 is 5.32 Å². The van der Waals surface area contributed by atoms with Gasteiger partial charge in [0.1, 0.15) is 11.3 Å². The molecule has 0 spiro atoms. The van der Waals surface area contributed by atoms with Crippen LogP contribution in [0.5, 0.6) is 0 Å². The van der Waals surface area contributed by atoms with Gasteiger partial charge in [-0.2, -0.15) is 0 Å². The Morgan fingerprint density at radius 3 is 2.70 bits per heavy atom. The Balaban J connectivity index is 1.88. The van der Waals surface area contributed by atoms with Crippen molar-refractivity contribution in [2.75, 3.05) is 5.32 Å². The standard InChI is InChI=1S/C17H16ClNO/c1-11-7-8-16(15(18)9-11)19-10-14-12(2)20-17-6-4-3-5-13(14)17/h3-9,19H,10H2,1-2H3. The lowest BCUT2D eigenvalue weighted by Gasteiger charge is -2.09. The molecule has 0 aliphatic rings. The van der Waals surface area contributed by atoms with Crippen molar-refractivity contribution >= 4 is 28.3 Å². The Morgan fingerprint density at radius 2 is 1.90 bits per heavy atom. The molecule has 0 saturated heterocycles. The van der Waals surface area contributed by atoms with Crippen molar-refractivity contribution < 1.29 is 4.42 Å². The number of nitrogens with one attached hydrogen (secondary N) is 1. The van der Waals surface area contributed by atoms with Crippen molar-refractivity contribution in [3.8, 4) is 0 Å². The number of para-hydroxylation sites is 1. The van der Waals surface area contributed by atoms with Gasteiger partial charge in [0.05, 0.1) is 10.7 Å². The number of anilines is 1. The highest BCUT2D eigenvalue weighted by molar-refractivity contribution is 6.33. The summed E-state index contributed by atoms with van der Waals surface area (Å²) in [6.07, 6.45) is 0. The SMILES string of the molecule is Cc1ccc(NCc2c(C)oc3ccccc23)c(Cl)c1. The molecule has 0 amide bonds. The molecule has 2 aromatic carbocycles. The molecule has 3 heteroatoms. The summed E-state index contributed by atoms with van der Waals surface area (Å²) in [7, 11) is 0. The van der Waals surface area contributed by atoms with Gasteiger partial charge in [-0.25, -0.2) is 0 Å². The highest BCUT2D eigenvalue weighted by Crippen LogP contribution is 2.28. The van der Waals surface area contributed by atoms with E-state index in [9.17, 15) is 0 Å². The first-order valence-electron chi connectivity index (χ1n) is 6.62. The lowest BCUT2D eigenvalue weighted by molar-refractivity contribution is 0.573. The third kappa shape index (κ3) is 2.39. The van der Waals surface area contributed by atoms with Crippen LogP contribution in [-0.2, 0) is 6.54 Å². The number of rotatable bonds is 3. The van der Waals surface area contributed by atoms with Gasteiger partial charge in [0.15, 0.2) is 0 Å². The first-order chi connectivity index (χ1) is 9.65. The minimum Gasteiger partial charge on any atom is -0.461 e. The van der Waals surface area contributed by atoms with E-state index in [1.54, 1.807) is 0 Å². The predicted molar refractivity (Wildman–Crippen MR) is 84.5 cm³/mol.